The average Bonchev–Trinajstić information content (AvgIpc) is 2.27. The molecule has 1 aromatic rings. The summed E-state index contributed by atoms with van der Waals surface area (Å²) in [5, 5.41) is 0. The quantitative estimate of drug-likeness (QED) is 0.798. The van der Waals surface area contributed by atoms with Gasteiger partial charge in [-0.15, -0.1) is 0 Å². The summed E-state index contributed by atoms with van der Waals surface area (Å²) < 4.78 is 0. The molecule has 100 valence electrons. The Hall–Kier alpha value is -1.09. The molecule has 0 aliphatic rings. The van der Waals surface area contributed by atoms with Crippen LogP contribution in [0.5, 0.6) is 0 Å². The third-order valence-electron chi connectivity index (χ3n) is 2.69. The zero-order chi connectivity index (χ0) is 13.7. The topological polar surface area (TPSA) is 29.3 Å². The number of anilines is 1. The summed E-state index contributed by atoms with van der Waals surface area (Å²) >= 11 is 4.98. The summed E-state index contributed by atoms with van der Waals surface area (Å²) in [7, 11) is 0. The molecule has 0 unspecified atom stereocenters. The molecular weight excluding hydrogens is 240 g/mol. The minimum atomic E-state index is 0.459. The van der Waals surface area contributed by atoms with Gasteiger partial charge in [-0.2, -0.15) is 0 Å². The Balaban J connectivity index is 2.87. The van der Waals surface area contributed by atoms with Crippen molar-refractivity contribution in [1.82, 2.24) is 0 Å². The molecule has 1 rings (SSSR count). The summed E-state index contributed by atoms with van der Waals surface area (Å²) in [4.78, 5) is 2.89. The summed E-state index contributed by atoms with van der Waals surface area (Å²) in [5.41, 5.74) is 7.80. The van der Waals surface area contributed by atoms with Gasteiger partial charge >= 0.3 is 0 Å². The Morgan fingerprint density at radius 1 is 1.06 bits per heavy atom. The van der Waals surface area contributed by atoms with Crippen LogP contribution in [0.4, 0.5) is 5.69 Å². The molecule has 0 saturated heterocycles. The molecule has 0 fully saturated rings. The van der Waals surface area contributed by atoms with Gasteiger partial charge < -0.3 is 10.6 Å². The van der Waals surface area contributed by atoms with Gasteiger partial charge in [-0.25, -0.2) is 0 Å². The lowest BCUT2D eigenvalue weighted by Crippen LogP contribution is -2.31. The molecule has 0 aromatic heterocycles. The molecule has 18 heavy (non-hydrogen) atoms. The van der Waals surface area contributed by atoms with Gasteiger partial charge in [0.2, 0.25) is 0 Å². The number of rotatable bonds is 6. The predicted octanol–water partition coefficient (Wildman–Crippen LogP) is 3.44. The van der Waals surface area contributed by atoms with Crippen molar-refractivity contribution < 1.29 is 0 Å². The largest absolute Gasteiger partial charge is 0.389 e. The van der Waals surface area contributed by atoms with Gasteiger partial charge in [0.1, 0.15) is 4.99 Å². The SMILES string of the molecule is CC(C)CN(CC(C)C)c1ccc(C(N)=S)cc1. The highest BCUT2D eigenvalue weighted by atomic mass is 32.1. The molecule has 0 atom stereocenters. The van der Waals surface area contributed by atoms with E-state index in [0.29, 0.717) is 16.8 Å². The number of benzene rings is 1. The molecule has 0 aliphatic carbocycles. The van der Waals surface area contributed by atoms with Gasteiger partial charge in [0.05, 0.1) is 0 Å². The number of hydrogen-bond acceptors (Lipinski definition) is 2. The van der Waals surface area contributed by atoms with Gasteiger partial charge in [0, 0.05) is 24.3 Å². The molecule has 0 saturated carbocycles. The zero-order valence-electron chi connectivity index (χ0n) is 11.8. The highest BCUT2D eigenvalue weighted by molar-refractivity contribution is 7.80. The Morgan fingerprint density at radius 2 is 1.50 bits per heavy atom. The van der Waals surface area contributed by atoms with Gasteiger partial charge in [-0.3, -0.25) is 0 Å². The van der Waals surface area contributed by atoms with Crippen molar-refractivity contribution >= 4 is 22.9 Å². The fraction of sp³-hybridized carbons (Fsp3) is 0.533. The normalized spacial score (nSPS) is 11.0. The maximum atomic E-state index is 5.62. The predicted molar refractivity (Wildman–Crippen MR) is 84.2 cm³/mol. The van der Waals surface area contributed by atoms with Crippen LogP contribution in [0.3, 0.4) is 0 Å². The van der Waals surface area contributed by atoms with Crippen LogP contribution in [0.1, 0.15) is 33.3 Å². The van der Waals surface area contributed by atoms with Crippen LogP contribution >= 0.6 is 12.2 Å². The van der Waals surface area contributed by atoms with Crippen LogP contribution in [0.2, 0.25) is 0 Å². The van der Waals surface area contributed by atoms with E-state index >= 15 is 0 Å². The molecular formula is C15H24N2S. The maximum absolute atomic E-state index is 5.62. The molecule has 3 heteroatoms. The summed E-state index contributed by atoms with van der Waals surface area (Å²) in [6.07, 6.45) is 0. The van der Waals surface area contributed by atoms with E-state index in [4.69, 9.17) is 18.0 Å². The van der Waals surface area contributed by atoms with Gasteiger partial charge in [0.25, 0.3) is 0 Å². The van der Waals surface area contributed by atoms with E-state index in [0.717, 1.165) is 18.7 Å². The highest BCUT2D eigenvalue weighted by Crippen LogP contribution is 2.18. The van der Waals surface area contributed by atoms with Gasteiger partial charge in [-0.1, -0.05) is 39.9 Å². The minimum absolute atomic E-state index is 0.459. The van der Waals surface area contributed by atoms with Crippen LogP contribution in [0, 0.1) is 11.8 Å². The Kier molecular flexibility index (Phi) is 5.60. The molecule has 0 amide bonds. The molecule has 0 heterocycles. The third-order valence-corrected chi connectivity index (χ3v) is 2.92. The molecule has 0 spiro atoms. The third kappa shape index (κ3) is 4.65. The van der Waals surface area contributed by atoms with Crippen molar-refractivity contribution in [2.75, 3.05) is 18.0 Å². The lowest BCUT2D eigenvalue weighted by molar-refractivity contribution is 0.553. The van der Waals surface area contributed by atoms with Crippen molar-refractivity contribution in [3.63, 3.8) is 0 Å². The summed E-state index contributed by atoms with van der Waals surface area (Å²) in [5.74, 6) is 1.30. The van der Waals surface area contributed by atoms with E-state index in [1.165, 1.54) is 5.69 Å². The van der Waals surface area contributed by atoms with Crippen LogP contribution in [0.15, 0.2) is 24.3 Å². The second kappa shape index (κ2) is 6.74. The molecule has 2 nitrogen and oxygen atoms in total. The molecule has 2 N–H and O–H groups in total. The molecule has 0 radical (unpaired) electrons. The van der Waals surface area contributed by atoms with Crippen molar-refractivity contribution in [3.8, 4) is 0 Å². The standard InChI is InChI=1S/C15H24N2S/c1-11(2)9-17(10-12(3)4)14-7-5-13(6-8-14)15(16)18/h5-8,11-12H,9-10H2,1-4H3,(H2,16,18). The number of hydrogen-bond donors (Lipinski definition) is 1. The first kappa shape index (κ1) is 15.0. The van der Waals surface area contributed by atoms with E-state index in [-0.39, 0.29) is 0 Å². The van der Waals surface area contributed by atoms with E-state index in [2.05, 4.69) is 44.7 Å². The Bertz CT molecular complexity index is 372. The fourth-order valence-electron chi connectivity index (χ4n) is 2.00. The van der Waals surface area contributed by atoms with E-state index in [9.17, 15) is 0 Å². The van der Waals surface area contributed by atoms with Crippen LogP contribution in [0.25, 0.3) is 0 Å². The molecule has 0 bridgehead atoms. The van der Waals surface area contributed by atoms with Crippen LogP contribution in [-0.2, 0) is 0 Å². The molecule has 0 aliphatic heterocycles. The van der Waals surface area contributed by atoms with Crippen molar-refractivity contribution in [2.24, 2.45) is 17.6 Å². The first-order valence-corrected chi connectivity index (χ1v) is 6.95. The van der Waals surface area contributed by atoms with Crippen molar-refractivity contribution in [3.05, 3.63) is 29.8 Å². The lowest BCUT2D eigenvalue weighted by Gasteiger charge is -2.28. The lowest BCUT2D eigenvalue weighted by atomic mass is 10.1. The van der Waals surface area contributed by atoms with E-state index < -0.39 is 0 Å². The maximum Gasteiger partial charge on any atom is 0.103 e. The van der Waals surface area contributed by atoms with Crippen molar-refractivity contribution in [1.29, 1.82) is 0 Å². The average molecular weight is 264 g/mol. The first-order valence-electron chi connectivity index (χ1n) is 6.55. The summed E-state index contributed by atoms with van der Waals surface area (Å²) in [6, 6.07) is 8.23. The number of nitrogens with two attached hydrogens (primary N) is 1. The zero-order valence-corrected chi connectivity index (χ0v) is 12.6. The number of thiocarbonyl (C=S) groups is 1. The Labute approximate surface area is 116 Å². The van der Waals surface area contributed by atoms with Gasteiger partial charge in [-0.05, 0) is 36.1 Å². The van der Waals surface area contributed by atoms with Crippen LogP contribution < -0.4 is 10.6 Å². The second-order valence-corrected chi connectivity index (χ2v) is 6.04. The first-order chi connectivity index (χ1) is 8.40. The number of nitrogens with zero attached hydrogens (tertiary/aromatic N) is 1. The molecule has 1 aromatic carbocycles. The summed E-state index contributed by atoms with van der Waals surface area (Å²) in [6.45, 7) is 11.1. The van der Waals surface area contributed by atoms with E-state index in [1.54, 1.807) is 0 Å². The minimum Gasteiger partial charge on any atom is -0.389 e. The second-order valence-electron chi connectivity index (χ2n) is 5.60. The van der Waals surface area contributed by atoms with Crippen LogP contribution in [-0.4, -0.2) is 18.1 Å². The monoisotopic (exact) mass is 264 g/mol. The fourth-order valence-corrected chi connectivity index (χ4v) is 2.14. The van der Waals surface area contributed by atoms with Gasteiger partial charge in [0.15, 0.2) is 0 Å². The smallest absolute Gasteiger partial charge is 0.103 e. The van der Waals surface area contributed by atoms with E-state index in [1.807, 2.05) is 12.1 Å². The van der Waals surface area contributed by atoms with Crippen molar-refractivity contribution in [2.45, 2.75) is 27.7 Å². The highest BCUT2D eigenvalue weighted by Gasteiger charge is 2.10. The Morgan fingerprint density at radius 3 is 1.83 bits per heavy atom.